The number of hydrogen-bond acceptors (Lipinski definition) is 4. The smallest absolute Gasteiger partial charge is 0.406 e. The predicted molar refractivity (Wildman–Crippen MR) is 108 cm³/mol. The highest BCUT2D eigenvalue weighted by molar-refractivity contribution is 6.00. The Morgan fingerprint density at radius 2 is 1.69 bits per heavy atom. The quantitative estimate of drug-likeness (QED) is 0.625. The van der Waals surface area contributed by atoms with E-state index in [1.807, 2.05) is 0 Å². The Hall–Kier alpha value is -2.74. The van der Waals surface area contributed by atoms with Crippen molar-refractivity contribution in [3.8, 4) is 5.75 Å². The third kappa shape index (κ3) is 6.98. The number of carbonyl (C=O) groups excluding carboxylic acids is 1. The maximum Gasteiger partial charge on any atom is 0.573 e. The second-order valence-electron chi connectivity index (χ2n) is 6.52. The summed E-state index contributed by atoms with van der Waals surface area (Å²) in [4.78, 5) is 14.9. The lowest BCUT2D eigenvalue weighted by Crippen LogP contribution is -2.42. The molecule has 0 spiro atoms. The first-order valence-corrected chi connectivity index (χ1v) is 9.47. The van der Waals surface area contributed by atoms with Crippen LogP contribution < -0.4 is 15.4 Å². The van der Waals surface area contributed by atoms with Crippen LogP contribution in [0.5, 0.6) is 5.75 Å². The highest BCUT2D eigenvalue weighted by atomic mass is 19.4. The first-order valence-electron chi connectivity index (χ1n) is 9.47. The van der Waals surface area contributed by atoms with E-state index in [0.29, 0.717) is 23.5 Å². The van der Waals surface area contributed by atoms with E-state index in [1.54, 1.807) is 24.3 Å². The fourth-order valence-corrected chi connectivity index (χ4v) is 3.00. The van der Waals surface area contributed by atoms with Gasteiger partial charge < -0.3 is 15.4 Å². The Balaban J connectivity index is 2.05. The molecule has 1 unspecified atom stereocenters. The molecule has 1 amide bonds. The van der Waals surface area contributed by atoms with Crippen LogP contribution in [0.3, 0.4) is 0 Å². The SMILES string of the molecule is CCN(CC)C(C)CNC(=O)c1ccccc1Nc1ccc(OC(F)(F)F)cc1. The van der Waals surface area contributed by atoms with Crippen LogP contribution in [0.1, 0.15) is 31.1 Å². The number of ether oxygens (including phenoxy) is 1. The minimum Gasteiger partial charge on any atom is -0.406 e. The average Bonchev–Trinajstić information content (AvgIpc) is 2.68. The molecule has 2 rings (SSSR count). The molecule has 2 aromatic carbocycles. The number of nitrogens with one attached hydrogen (secondary N) is 2. The number of alkyl halides is 3. The molecule has 1 atom stereocenters. The highest BCUT2D eigenvalue weighted by Crippen LogP contribution is 2.26. The predicted octanol–water partition coefficient (Wildman–Crippen LogP) is 4.79. The van der Waals surface area contributed by atoms with Crippen LogP contribution in [0.2, 0.25) is 0 Å². The molecule has 0 aliphatic heterocycles. The largest absolute Gasteiger partial charge is 0.573 e. The van der Waals surface area contributed by atoms with Crippen LogP contribution in [0, 0.1) is 0 Å². The Bertz CT molecular complexity index is 791. The van der Waals surface area contributed by atoms with Gasteiger partial charge in [0.25, 0.3) is 5.91 Å². The maximum atomic E-state index is 12.7. The molecule has 0 saturated carbocycles. The van der Waals surface area contributed by atoms with Crippen LogP contribution in [-0.4, -0.2) is 42.8 Å². The van der Waals surface area contributed by atoms with Crippen LogP contribution in [0.15, 0.2) is 48.5 Å². The standard InChI is InChI=1S/C21H26F3N3O2/c1-4-27(5-2)15(3)14-25-20(28)18-8-6-7-9-19(18)26-16-10-12-17(13-11-16)29-21(22,23)24/h6-13,15,26H,4-5,14H2,1-3H3,(H,25,28). The number of likely N-dealkylation sites (N-methyl/N-ethyl adjacent to an activating group) is 1. The molecule has 158 valence electrons. The fourth-order valence-electron chi connectivity index (χ4n) is 3.00. The van der Waals surface area contributed by atoms with Gasteiger partial charge in [0, 0.05) is 18.3 Å². The highest BCUT2D eigenvalue weighted by Gasteiger charge is 2.30. The van der Waals surface area contributed by atoms with Gasteiger partial charge in [-0.3, -0.25) is 9.69 Å². The van der Waals surface area contributed by atoms with Gasteiger partial charge in [-0.25, -0.2) is 0 Å². The van der Waals surface area contributed by atoms with E-state index in [4.69, 9.17) is 0 Å². The van der Waals surface area contributed by atoms with Gasteiger partial charge >= 0.3 is 6.36 Å². The van der Waals surface area contributed by atoms with Crippen LogP contribution in [-0.2, 0) is 0 Å². The first-order chi connectivity index (χ1) is 13.7. The van der Waals surface area contributed by atoms with Crippen molar-refractivity contribution in [2.75, 3.05) is 25.0 Å². The molecule has 0 aliphatic rings. The summed E-state index contributed by atoms with van der Waals surface area (Å²) in [5.74, 6) is -0.524. The Morgan fingerprint density at radius 3 is 2.28 bits per heavy atom. The van der Waals surface area contributed by atoms with Crippen molar-refractivity contribution in [1.82, 2.24) is 10.2 Å². The average molecular weight is 409 g/mol. The molecule has 0 fully saturated rings. The second kappa shape index (κ2) is 10.2. The van der Waals surface area contributed by atoms with E-state index in [9.17, 15) is 18.0 Å². The van der Waals surface area contributed by atoms with E-state index in [2.05, 4.69) is 41.0 Å². The fraction of sp³-hybridized carbons (Fsp3) is 0.381. The topological polar surface area (TPSA) is 53.6 Å². The molecule has 2 N–H and O–H groups in total. The number of nitrogens with zero attached hydrogens (tertiary/aromatic N) is 1. The van der Waals surface area contributed by atoms with E-state index in [-0.39, 0.29) is 17.7 Å². The number of rotatable bonds is 9. The van der Waals surface area contributed by atoms with E-state index < -0.39 is 6.36 Å². The molecule has 8 heteroatoms. The Morgan fingerprint density at radius 1 is 1.07 bits per heavy atom. The zero-order valence-corrected chi connectivity index (χ0v) is 16.7. The summed E-state index contributed by atoms with van der Waals surface area (Å²) in [6.45, 7) is 8.53. The second-order valence-corrected chi connectivity index (χ2v) is 6.52. The zero-order chi connectivity index (χ0) is 21.4. The summed E-state index contributed by atoms with van der Waals surface area (Å²) >= 11 is 0. The van der Waals surface area contributed by atoms with Gasteiger partial charge in [-0.15, -0.1) is 13.2 Å². The lowest BCUT2D eigenvalue weighted by molar-refractivity contribution is -0.274. The Labute approximate surface area is 168 Å². The third-order valence-electron chi connectivity index (χ3n) is 4.53. The van der Waals surface area contributed by atoms with E-state index in [0.717, 1.165) is 13.1 Å². The molecule has 29 heavy (non-hydrogen) atoms. The van der Waals surface area contributed by atoms with Gasteiger partial charge in [-0.1, -0.05) is 26.0 Å². The third-order valence-corrected chi connectivity index (χ3v) is 4.53. The lowest BCUT2D eigenvalue weighted by atomic mass is 10.1. The van der Waals surface area contributed by atoms with Crippen LogP contribution >= 0.6 is 0 Å². The van der Waals surface area contributed by atoms with Crippen molar-refractivity contribution in [3.63, 3.8) is 0 Å². The van der Waals surface area contributed by atoms with E-state index >= 15 is 0 Å². The van der Waals surface area contributed by atoms with E-state index in [1.165, 1.54) is 24.3 Å². The molecule has 2 aromatic rings. The molecule has 0 bridgehead atoms. The number of benzene rings is 2. The Kier molecular flexibility index (Phi) is 7.90. The summed E-state index contributed by atoms with van der Waals surface area (Å²) in [6.07, 6.45) is -4.73. The number of amides is 1. The number of anilines is 2. The van der Waals surface area contributed by atoms with Crippen molar-refractivity contribution in [3.05, 3.63) is 54.1 Å². The number of para-hydroxylation sites is 1. The number of carbonyl (C=O) groups is 1. The van der Waals surface area contributed by atoms with Gasteiger partial charge in [0.2, 0.25) is 0 Å². The summed E-state index contributed by atoms with van der Waals surface area (Å²) < 4.78 is 40.7. The molecular formula is C21H26F3N3O2. The van der Waals surface area contributed by atoms with Crippen molar-refractivity contribution in [2.45, 2.75) is 33.2 Å². The minimum absolute atomic E-state index is 0.204. The van der Waals surface area contributed by atoms with Gasteiger partial charge in [-0.2, -0.15) is 0 Å². The molecule has 0 radical (unpaired) electrons. The zero-order valence-electron chi connectivity index (χ0n) is 16.7. The lowest BCUT2D eigenvalue weighted by Gasteiger charge is -2.26. The summed E-state index contributed by atoms with van der Waals surface area (Å²) in [6, 6.07) is 12.5. The normalized spacial score (nSPS) is 12.5. The van der Waals surface area contributed by atoms with Gasteiger partial charge in [-0.05, 0) is 56.4 Å². The molecule has 0 aromatic heterocycles. The molecular weight excluding hydrogens is 383 g/mol. The monoisotopic (exact) mass is 409 g/mol. The first kappa shape index (κ1) is 22.5. The molecule has 0 heterocycles. The van der Waals surface area contributed by atoms with Gasteiger partial charge in [0.05, 0.1) is 11.3 Å². The van der Waals surface area contributed by atoms with Crippen molar-refractivity contribution >= 4 is 17.3 Å². The molecule has 0 aliphatic carbocycles. The number of halogens is 3. The maximum absolute atomic E-state index is 12.7. The van der Waals surface area contributed by atoms with Crippen molar-refractivity contribution < 1.29 is 22.7 Å². The van der Waals surface area contributed by atoms with Gasteiger partial charge in [0.1, 0.15) is 5.75 Å². The van der Waals surface area contributed by atoms with Crippen molar-refractivity contribution in [1.29, 1.82) is 0 Å². The summed E-state index contributed by atoms with van der Waals surface area (Å²) in [7, 11) is 0. The van der Waals surface area contributed by atoms with Crippen molar-refractivity contribution in [2.24, 2.45) is 0 Å². The minimum atomic E-state index is -4.73. The number of hydrogen-bond donors (Lipinski definition) is 2. The molecule has 5 nitrogen and oxygen atoms in total. The summed E-state index contributed by atoms with van der Waals surface area (Å²) in [5.41, 5.74) is 1.55. The van der Waals surface area contributed by atoms with Crippen LogP contribution in [0.25, 0.3) is 0 Å². The van der Waals surface area contributed by atoms with Gasteiger partial charge in [0.15, 0.2) is 0 Å². The molecule has 0 saturated heterocycles. The summed E-state index contributed by atoms with van der Waals surface area (Å²) in [5, 5.41) is 6.01. The van der Waals surface area contributed by atoms with Crippen LogP contribution in [0.4, 0.5) is 24.5 Å².